The summed E-state index contributed by atoms with van der Waals surface area (Å²) in [7, 11) is 0. The Morgan fingerprint density at radius 2 is 2.00 bits per heavy atom. The molecule has 1 aromatic rings. The number of hydrogen-bond acceptors (Lipinski definition) is 3. The van der Waals surface area contributed by atoms with E-state index in [4.69, 9.17) is 4.74 Å². The van der Waals surface area contributed by atoms with E-state index in [0.717, 1.165) is 16.9 Å². The first-order valence-corrected chi connectivity index (χ1v) is 7.59. The first-order valence-electron chi connectivity index (χ1n) is 7.59. The number of benzene rings is 1. The Kier molecular flexibility index (Phi) is 4.30. The van der Waals surface area contributed by atoms with Crippen LogP contribution in [0, 0.1) is 0 Å². The minimum Gasteiger partial charge on any atom is -0.374 e. The number of alkyl halides is 2. The number of aryl methyl sites for hydroxylation is 1. The lowest BCUT2D eigenvalue weighted by atomic mass is 9.78. The largest absolute Gasteiger partial charge is 0.374 e. The summed E-state index contributed by atoms with van der Waals surface area (Å²) in [5, 5.41) is 2.79. The third-order valence-corrected chi connectivity index (χ3v) is 4.38. The van der Waals surface area contributed by atoms with Crippen LogP contribution in [0.4, 0.5) is 13.6 Å². The topological polar surface area (TPSA) is 58.6 Å². The minimum atomic E-state index is -2.56. The fourth-order valence-corrected chi connectivity index (χ4v) is 3.23. The molecule has 7 heteroatoms. The first kappa shape index (κ1) is 15.9. The molecule has 23 heavy (non-hydrogen) atoms. The average molecular weight is 324 g/mol. The van der Waals surface area contributed by atoms with Crippen LogP contribution in [0.25, 0.3) is 0 Å². The van der Waals surface area contributed by atoms with Crippen molar-refractivity contribution in [3.8, 4) is 0 Å². The molecule has 124 valence electrons. The van der Waals surface area contributed by atoms with Gasteiger partial charge in [0.25, 0.3) is 12.3 Å². The van der Waals surface area contributed by atoms with Gasteiger partial charge in [-0.3, -0.25) is 9.69 Å². The van der Waals surface area contributed by atoms with Gasteiger partial charge in [0.05, 0.1) is 13.2 Å². The number of carbonyl (C=O) groups excluding carboxylic acids is 2. The van der Waals surface area contributed by atoms with E-state index in [1.54, 1.807) is 0 Å². The maximum absolute atomic E-state index is 12.7. The summed E-state index contributed by atoms with van der Waals surface area (Å²) in [6.45, 7) is -0.793. The summed E-state index contributed by atoms with van der Waals surface area (Å²) >= 11 is 0. The van der Waals surface area contributed by atoms with Crippen molar-refractivity contribution in [3.63, 3.8) is 0 Å². The molecule has 2 aliphatic rings. The SMILES string of the molecule is O=C1NC2(CCc3ccccc3C2)C(=O)N1CCOCC(F)F. The van der Waals surface area contributed by atoms with E-state index in [0.29, 0.717) is 12.8 Å². The number of fused-ring (bicyclic) bond motifs is 1. The molecule has 0 saturated carbocycles. The molecule has 1 unspecified atom stereocenters. The molecule has 1 saturated heterocycles. The van der Waals surface area contributed by atoms with Crippen LogP contribution in [-0.4, -0.2) is 48.6 Å². The number of nitrogens with one attached hydrogen (secondary N) is 1. The molecule has 1 fully saturated rings. The van der Waals surface area contributed by atoms with E-state index in [2.05, 4.69) is 5.32 Å². The third kappa shape index (κ3) is 3.06. The zero-order valence-corrected chi connectivity index (χ0v) is 12.6. The van der Waals surface area contributed by atoms with Crippen molar-refractivity contribution < 1.29 is 23.1 Å². The Hall–Kier alpha value is -2.02. The van der Waals surface area contributed by atoms with Crippen molar-refractivity contribution in [3.05, 3.63) is 35.4 Å². The minimum absolute atomic E-state index is 0.0131. The number of imide groups is 1. The highest BCUT2D eigenvalue weighted by Gasteiger charge is 2.52. The van der Waals surface area contributed by atoms with E-state index < -0.39 is 24.6 Å². The van der Waals surface area contributed by atoms with Crippen LogP contribution < -0.4 is 5.32 Å². The highest BCUT2D eigenvalue weighted by atomic mass is 19.3. The lowest BCUT2D eigenvalue weighted by molar-refractivity contribution is -0.132. The maximum Gasteiger partial charge on any atom is 0.325 e. The van der Waals surface area contributed by atoms with Crippen LogP contribution >= 0.6 is 0 Å². The number of nitrogens with zero attached hydrogens (tertiary/aromatic N) is 1. The van der Waals surface area contributed by atoms with Gasteiger partial charge in [0.15, 0.2) is 0 Å². The summed E-state index contributed by atoms with van der Waals surface area (Å²) in [4.78, 5) is 25.8. The summed E-state index contributed by atoms with van der Waals surface area (Å²) < 4.78 is 28.8. The molecule has 3 rings (SSSR count). The Morgan fingerprint density at radius 1 is 1.26 bits per heavy atom. The molecule has 0 bridgehead atoms. The molecule has 1 aromatic carbocycles. The second-order valence-electron chi connectivity index (χ2n) is 5.88. The van der Waals surface area contributed by atoms with Gasteiger partial charge in [-0.25, -0.2) is 13.6 Å². The highest BCUT2D eigenvalue weighted by Crippen LogP contribution is 2.33. The summed E-state index contributed by atoms with van der Waals surface area (Å²) in [5.74, 6) is -0.294. The second kappa shape index (κ2) is 6.23. The van der Waals surface area contributed by atoms with Gasteiger partial charge in [0.1, 0.15) is 12.1 Å². The van der Waals surface area contributed by atoms with Crippen LogP contribution in [0.1, 0.15) is 17.5 Å². The maximum atomic E-state index is 12.7. The second-order valence-corrected chi connectivity index (χ2v) is 5.88. The lowest BCUT2D eigenvalue weighted by Crippen LogP contribution is -2.51. The molecule has 3 amide bonds. The molecule has 1 spiro atoms. The van der Waals surface area contributed by atoms with Crippen molar-refractivity contribution in [1.29, 1.82) is 0 Å². The van der Waals surface area contributed by atoms with E-state index in [1.165, 1.54) is 5.56 Å². The molecule has 5 nitrogen and oxygen atoms in total. The van der Waals surface area contributed by atoms with Crippen molar-refractivity contribution >= 4 is 11.9 Å². The Morgan fingerprint density at radius 3 is 2.74 bits per heavy atom. The quantitative estimate of drug-likeness (QED) is 0.663. The molecule has 1 aliphatic heterocycles. The van der Waals surface area contributed by atoms with Crippen molar-refractivity contribution in [1.82, 2.24) is 10.2 Å². The smallest absolute Gasteiger partial charge is 0.325 e. The molecule has 1 aliphatic carbocycles. The third-order valence-electron chi connectivity index (χ3n) is 4.38. The van der Waals surface area contributed by atoms with Gasteiger partial charge in [0, 0.05) is 6.42 Å². The van der Waals surface area contributed by atoms with Crippen LogP contribution in [-0.2, 0) is 22.4 Å². The van der Waals surface area contributed by atoms with Crippen LogP contribution in [0.5, 0.6) is 0 Å². The molecule has 1 heterocycles. The molecule has 0 radical (unpaired) electrons. The van der Waals surface area contributed by atoms with Gasteiger partial charge in [0.2, 0.25) is 0 Å². The Bertz CT molecular complexity index is 623. The summed E-state index contributed by atoms with van der Waals surface area (Å²) in [5.41, 5.74) is 1.34. The van der Waals surface area contributed by atoms with E-state index in [1.807, 2.05) is 24.3 Å². The lowest BCUT2D eigenvalue weighted by Gasteiger charge is -2.32. The van der Waals surface area contributed by atoms with Crippen LogP contribution in [0.15, 0.2) is 24.3 Å². The van der Waals surface area contributed by atoms with E-state index in [9.17, 15) is 18.4 Å². The predicted molar refractivity (Wildman–Crippen MR) is 78.3 cm³/mol. The summed E-state index contributed by atoms with van der Waals surface area (Å²) in [6.07, 6.45) is -0.831. The monoisotopic (exact) mass is 324 g/mol. The van der Waals surface area contributed by atoms with Gasteiger partial charge >= 0.3 is 6.03 Å². The molecular formula is C16H18F2N2O3. The summed E-state index contributed by atoms with van der Waals surface area (Å²) in [6, 6.07) is 7.38. The Balaban J connectivity index is 1.67. The van der Waals surface area contributed by atoms with Gasteiger partial charge in [-0.15, -0.1) is 0 Å². The molecule has 1 atom stereocenters. The standard InChI is InChI=1S/C16H18F2N2O3/c17-13(18)10-23-8-7-20-14(21)16(19-15(20)22)6-5-11-3-1-2-4-12(11)9-16/h1-4,13H,5-10H2,(H,19,22). The molecular weight excluding hydrogens is 306 g/mol. The number of carbonyl (C=O) groups is 2. The van der Waals surface area contributed by atoms with Gasteiger partial charge in [-0.05, 0) is 24.0 Å². The van der Waals surface area contributed by atoms with Gasteiger partial charge in [-0.2, -0.15) is 0 Å². The number of rotatable bonds is 5. The first-order chi connectivity index (χ1) is 11.0. The normalized spacial score (nSPS) is 23.5. The molecule has 1 N–H and O–H groups in total. The van der Waals surface area contributed by atoms with E-state index >= 15 is 0 Å². The highest BCUT2D eigenvalue weighted by molar-refractivity contribution is 6.07. The predicted octanol–water partition coefficient (Wildman–Crippen LogP) is 1.75. The van der Waals surface area contributed by atoms with Crippen LogP contribution in [0.3, 0.4) is 0 Å². The zero-order valence-electron chi connectivity index (χ0n) is 12.6. The number of amides is 3. The fourth-order valence-electron chi connectivity index (χ4n) is 3.23. The van der Waals surface area contributed by atoms with Crippen LogP contribution in [0.2, 0.25) is 0 Å². The number of halogens is 2. The van der Waals surface area contributed by atoms with Crippen molar-refractivity contribution in [2.75, 3.05) is 19.8 Å². The molecule has 0 aromatic heterocycles. The van der Waals surface area contributed by atoms with Crippen molar-refractivity contribution in [2.45, 2.75) is 31.2 Å². The van der Waals surface area contributed by atoms with Gasteiger partial charge in [-0.1, -0.05) is 24.3 Å². The van der Waals surface area contributed by atoms with E-state index in [-0.39, 0.29) is 19.1 Å². The zero-order chi connectivity index (χ0) is 16.4. The number of urea groups is 1. The average Bonchev–Trinajstić information content (AvgIpc) is 2.74. The number of hydrogen-bond donors (Lipinski definition) is 1. The Labute approximate surface area is 132 Å². The van der Waals surface area contributed by atoms with Gasteiger partial charge < -0.3 is 10.1 Å². The fraction of sp³-hybridized carbons (Fsp3) is 0.500. The number of ether oxygens (including phenoxy) is 1. The van der Waals surface area contributed by atoms with Crippen molar-refractivity contribution in [2.24, 2.45) is 0 Å².